The second-order valence-electron chi connectivity index (χ2n) is 2.61. The zero-order chi connectivity index (χ0) is 8.43. The molecule has 0 bridgehead atoms. The monoisotopic (exact) mass is 164 g/mol. The Morgan fingerprint density at radius 3 is 2.45 bits per heavy atom. The van der Waals surface area contributed by atoms with Crippen LogP contribution in [0.1, 0.15) is 6.42 Å². The van der Waals surface area contributed by atoms with Crippen molar-refractivity contribution in [1.29, 1.82) is 0 Å². The lowest BCUT2D eigenvalue weighted by Crippen LogP contribution is -2.49. The van der Waals surface area contributed by atoms with E-state index >= 15 is 0 Å². The van der Waals surface area contributed by atoms with Crippen LogP contribution in [0.15, 0.2) is 0 Å². The largest absolute Gasteiger partial charge is 0.394 e. The fraction of sp³-hybridized carbons (Fsp3) is 1.00. The quantitative estimate of drug-likeness (QED) is 0.353. The maximum Gasteiger partial charge on any atom is 0.157 e. The normalized spacial score (nSPS) is 45.8. The summed E-state index contributed by atoms with van der Waals surface area (Å²) in [5.41, 5.74) is 0. The van der Waals surface area contributed by atoms with Gasteiger partial charge in [0.25, 0.3) is 0 Å². The molecule has 3 unspecified atom stereocenters. The maximum absolute atomic E-state index is 9.11. The molecule has 1 rings (SSSR count). The molecule has 0 aliphatic carbocycles. The summed E-state index contributed by atoms with van der Waals surface area (Å²) in [6.07, 6.45) is -4.11. The van der Waals surface area contributed by atoms with Crippen molar-refractivity contribution >= 4 is 0 Å². The van der Waals surface area contributed by atoms with E-state index in [2.05, 4.69) is 0 Å². The van der Waals surface area contributed by atoms with Crippen LogP contribution >= 0.6 is 0 Å². The summed E-state index contributed by atoms with van der Waals surface area (Å²) in [6, 6.07) is 0. The summed E-state index contributed by atoms with van der Waals surface area (Å²) < 4.78 is 4.71. The Morgan fingerprint density at radius 2 is 1.91 bits per heavy atom. The van der Waals surface area contributed by atoms with E-state index < -0.39 is 31.2 Å². The highest BCUT2D eigenvalue weighted by molar-refractivity contribution is 4.81. The van der Waals surface area contributed by atoms with Crippen LogP contribution < -0.4 is 0 Å². The predicted octanol–water partition coefficient (Wildman–Crippen LogP) is -2.19. The van der Waals surface area contributed by atoms with Crippen LogP contribution in [0.5, 0.6) is 0 Å². The Balaban J connectivity index is 2.51. The fourth-order valence-electron chi connectivity index (χ4n) is 1.08. The fourth-order valence-corrected chi connectivity index (χ4v) is 1.08. The molecule has 66 valence electrons. The molecule has 0 aromatic rings. The average molecular weight is 164 g/mol. The van der Waals surface area contributed by atoms with Crippen LogP contribution in [0.3, 0.4) is 0 Å². The minimum Gasteiger partial charge on any atom is -0.394 e. The summed E-state index contributed by atoms with van der Waals surface area (Å²) in [5, 5.41) is 35.6. The minimum atomic E-state index is -1.11. The number of hydrogen-bond acceptors (Lipinski definition) is 5. The smallest absolute Gasteiger partial charge is 0.157 e. The van der Waals surface area contributed by atoms with Crippen LogP contribution in [-0.4, -0.2) is 51.6 Å². The van der Waals surface area contributed by atoms with Gasteiger partial charge in [-0.05, 0) is 0 Å². The van der Waals surface area contributed by atoms with E-state index in [-0.39, 0.29) is 6.42 Å². The lowest BCUT2D eigenvalue weighted by Gasteiger charge is -2.33. The maximum atomic E-state index is 9.11. The summed E-state index contributed by atoms with van der Waals surface area (Å²) in [7, 11) is 0. The molecule has 1 aliphatic rings. The van der Waals surface area contributed by atoms with Gasteiger partial charge in [0.05, 0.1) is 12.7 Å². The standard InChI is InChI=1S/C6H12O5/c7-2-4-6(10)3(8)1-5(9)11-4/h3-10H,1-2H2/t3-,4?,5?,6?/m1/s1. The molecule has 1 saturated heterocycles. The van der Waals surface area contributed by atoms with E-state index in [9.17, 15) is 0 Å². The first-order valence-electron chi connectivity index (χ1n) is 3.45. The zero-order valence-electron chi connectivity index (χ0n) is 5.92. The van der Waals surface area contributed by atoms with E-state index in [4.69, 9.17) is 25.2 Å². The zero-order valence-corrected chi connectivity index (χ0v) is 5.92. The third-order valence-electron chi connectivity index (χ3n) is 1.73. The van der Waals surface area contributed by atoms with E-state index in [1.807, 2.05) is 0 Å². The SMILES string of the molecule is OCC1OC(O)C[C@@H](O)C1O. The third kappa shape index (κ3) is 1.88. The van der Waals surface area contributed by atoms with Gasteiger partial charge in [-0.15, -0.1) is 0 Å². The van der Waals surface area contributed by atoms with E-state index in [0.717, 1.165) is 0 Å². The first-order valence-corrected chi connectivity index (χ1v) is 3.45. The summed E-state index contributed by atoms with van der Waals surface area (Å²) in [6.45, 7) is -0.407. The topological polar surface area (TPSA) is 90.2 Å². The third-order valence-corrected chi connectivity index (χ3v) is 1.73. The molecule has 11 heavy (non-hydrogen) atoms. The molecule has 4 atom stereocenters. The van der Waals surface area contributed by atoms with Crippen molar-refractivity contribution in [2.75, 3.05) is 6.61 Å². The van der Waals surface area contributed by atoms with Crippen LogP contribution in [-0.2, 0) is 4.74 Å². The molecule has 0 amide bonds. The van der Waals surface area contributed by atoms with E-state index in [1.54, 1.807) is 0 Å². The highest BCUT2D eigenvalue weighted by atomic mass is 16.6. The van der Waals surface area contributed by atoms with Crippen LogP contribution in [0, 0.1) is 0 Å². The number of hydrogen-bond donors (Lipinski definition) is 4. The van der Waals surface area contributed by atoms with Crippen molar-refractivity contribution in [2.45, 2.75) is 31.0 Å². The van der Waals surface area contributed by atoms with Crippen molar-refractivity contribution in [3.8, 4) is 0 Å². The van der Waals surface area contributed by atoms with Gasteiger partial charge >= 0.3 is 0 Å². The van der Waals surface area contributed by atoms with Crippen molar-refractivity contribution in [1.82, 2.24) is 0 Å². The molecule has 0 aromatic carbocycles. The molecule has 1 fully saturated rings. The molecule has 1 aliphatic heterocycles. The lowest BCUT2D eigenvalue weighted by molar-refractivity contribution is -0.239. The van der Waals surface area contributed by atoms with Gasteiger partial charge in [0.15, 0.2) is 6.29 Å². The highest BCUT2D eigenvalue weighted by Gasteiger charge is 2.35. The molecule has 0 radical (unpaired) electrons. The average Bonchev–Trinajstić information content (AvgIpc) is 1.96. The second kappa shape index (κ2) is 3.46. The Bertz CT molecular complexity index is 128. The molecular formula is C6H12O5. The highest BCUT2D eigenvalue weighted by Crippen LogP contribution is 2.18. The van der Waals surface area contributed by atoms with Gasteiger partial charge in [0.1, 0.15) is 12.2 Å². The molecule has 4 N–H and O–H groups in total. The van der Waals surface area contributed by atoms with Crippen molar-refractivity contribution in [3.05, 3.63) is 0 Å². The first kappa shape index (κ1) is 8.89. The molecule has 0 aromatic heterocycles. The van der Waals surface area contributed by atoms with Gasteiger partial charge in [0.2, 0.25) is 0 Å². The second-order valence-corrected chi connectivity index (χ2v) is 2.61. The minimum absolute atomic E-state index is 0.0162. The van der Waals surface area contributed by atoms with Gasteiger partial charge in [-0.25, -0.2) is 0 Å². The van der Waals surface area contributed by atoms with E-state index in [0.29, 0.717) is 0 Å². The van der Waals surface area contributed by atoms with E-state index in [1.165, 1.54) is 0 Å². The Hall–Kier alpha value is -0.200. The van der Waals surface area contributed by atoms with Crippen LogP contribution in [0.4, 0.5) is 0 Å². The summed E-state index contributed by atoms with van der Waals surface area (Å²) in [4.78, 5) is 0. The molecule has 1 heterocycles. The molecule has 0 saturated carbocycles. The summed E-state index contributed by atoms with van der Waals surface area (Å²) in [5.74, 6) is 0. The van der Waals surface area contributed by atoms with Crippen molar-refractivity contribution in [2.24, 2.45) is 0 Å². The molecule has 0 spiro atoms. The number of aliphatic hydroxyl groups excluding tert-OH is 4. The number of aliphatic hydroxyl groups is 4. The van der Waals surface area contributed by atoms with Gasteiger partial charge in [-0.3, -0.25) is 0 Å². The van der Waals surface area contributed by atoms with Crippen LogP contribution in [0.2, 0.25) is 0 Å². The first-order chi connectivity index (χ1) is 5.15. The molecular weight excluding hydrogens is 152 g/mol. The predicted molar refractivity (Wildman–Crippen MR) is 34.6 cm³/mol. The summed E-state index contributed by atoms with van der Waals surface area (Å²) >= 11 is 0. The Labute approximate surface area is 63.8 Å². The van der Waals surface area contributed by atoms with Gasteiger partial charge in [-0.2, -0.15) is 0 Å². The van der Waals surface area contributed by atoms with Gasteiger partial charge in [0, 0.05) is 6.42 Å². The van der Waals surface area contributed by atoms with Gasteiger partial charge < -0.3 is 25.2 Å². The number of rotatable bonds is 1. The van der Waals surface area contributed by atoms with Crippen LogP contribution in [0.25, 0.3) is 0 Å². The van der Waals surface area contributed by atoms with Crippen molar-refractivity contribution in [3.63, 3.8) is 0 Å². The van der Waals surface area contributed by atoms with Gasteiger partial charge in [-0.1, -0.05) is 0 Å². The molecule has 5 heteroatoms. The lowest BCUT2D eigenvalue weighted by atomic mass is 10.0. The Kier molecular flexibility index (Phi) is 2.80. The number of ether oxygens (including phenoxy) is 1. The Morgan fingerprint density at radius 1 is 1.27 bits per heavy atom. The molecule has 5 nitrogen and oxygen atoms in total. The van der Waals surface area contributed by atoms with Crippen molar-refractivity contribution < 1.29 is 25.2 Å².